The maximum Gasteiger partial charge on any atom is 0.330 e. The van der Waals surface area contributed by atoms with Crippen LogP contribution >= 0.6 is 11.6 Å². The Bertz CT molecular complexity index is 511. The van der Waals surface area contributed by atoms with Crippen LogP contribution in [-0.2, 0) is 9.59 Å². The molecule has 0 aliphatic carbocycles. The first-order valence-corrected chi connectivity index (χ1v) is 6.30. The number of nitrogens with one attached hydrogen (secondary N) is 1. The Kier molecular flexibility index (Phi) is 5.57. The van der Waals surface area contributed by atoms with Crippen molar-refractivity contribution in [3.05, 3.63) is 46.5 Å². The lowest BCUT2D eigenvalue weighted by Gasteiger charge is -2.16. The van der Waals surface area contributed by atoms with Crippen LogP contribution in [0.2, 0.25) is 5.02 Å². The molecule has 0 heterocycles. The summed E-state index contributed by atoms with van der Waals surface area (Å²) >= 11 is 5.96. The highest BCUT2D eigenvalue weighted by Gasteiger charge is 2.24. The number of allylic oxidation sites excluding steroid dienone is 1. The predicted octanol–water partition coefficient (Wildman–Crippen LogP) is 2.94. The molecule has 0 unspecified atom stereocenters. The molecule has 1 aromatic rings. The lowest BCUT2D eigenvalue weighted by atomic mass is 10.1. The Morgan fingerprint density at radius 3 is 2.58 bits per heavy atom. The van der Waals surface area contributed by atoms with Gasteiger partial charge in [0.15, 0.2) is 6.04 Å². The van der Waals surface area contributed by atoms with E-state index < -0.39 is 17.9 Å². The molecule has 0 aliphatic heterocycles. The van der Waals surface area contributed by atoms with Gasteiger partial charge in [0.2, 0.25) is 5.91 Å². The van der Waals surface area contributed by atoms with Gasteiger partial charge in [-0.25, -0.2) is 4.79 Å². The van der Waals surface area contributed by atoms with Crippen LogP contribution in [0.1, 0.15) is 31.9 Å². The number of halogens is 1. The maximum absolute atomic E-state index is 11.8. The van der Waals surface area contributed by atoms with Crippen LogP contribution in [-0.4, -0.2) is 17.0 Å². The van der Waals surface area contributed by atoms with E-state index in [1.165, 1.54) is 0 Å². The fraction of sp³-hybridized carbons (Fsp3) is 0.286. The number of carboxylic acids is 1. The Hall–Kier alpha value is -1.81. The fourth-order valence-electron chi connectivity index (χ4n) is 1.63. The average Bonchev–Trinajstić information content (AvgIpc) is 2.36. The van der Waals surface area contributed by atoms with Crippen LogP contribution in [0.3, 0.4) is 0 Å². The minimum absolute atomic E-state index is 0.312. The first kappa shape index (κ1) is 15.2. The second kappa shape index (κ2) is 6.95. The Morgan fingerprint density at radius 2 is 2.05 bits per heavy atom. The molecule has 4 nitrogen and oxygen atoms in total. The number of carboxylic acid groups (broad SMARTS) is 1. The molecule has 0 radical (unpaired) electrons. The van der Waals surface area contributed by atoms with Crippen LogP contribution < -0.4 is 5.32 Å². The summed E-state index contributed by atoms with van der Waals surface area (Å²) in [6.07, 6.45) is 2.45. The van der Waals surface area contributed by atoms with Gasteiger partial charge in [-0.1, -0.05) is 42.8 Å². The lowest BCUT2D eigenvalue weighted by molar-refractivity contribution is -0.141. The van der Waals surface area contributed by atoms with Crippen LogP contribution in [0.25, 0.3) is 0 Å². The van der Waals surface area contributed by atoms with E-state index in [0.717, 1.165) is 0 Å². The van der Waals surface area contributed by atoms with Crippen molar-refractivity contribution < 1.29 is 14.7 Å². The van der Waals surface area contributed by atoms with Crippen molar-refractivity contribution in [2.45, 2.75) is 26.3 Å². The quantitative estimate of drug-likeness (QED) is 0.816. The number of hydrogen-bond donors (Lipinski definition) is 2. The van der Waals surface area contributed by atoms with Gasteiger partial charge in [0.05, 0.1) is 0 Å². The van der Waals surface area contributed by atoms with E-state index in [4.69, 9.17) is 11.6 Å². The van der Waals surface area contributed by atoms with Gasteiger partial charge in [0, 0.05) is 16.2 Å². The second-order valence-electron chi connectivity index (χ2n) is 4.06. The van der Waals surface area contributed by atoms with Crippen molar-refractivity contribution in [2.24, 2.45) is 0 Å². The van der Waals surface area contributed by atoms with Crippen molar-refractivity contribution in [3.63, 3.8) is 0 Å². The molecular weight excluding hydrogens is 266 g/mol. The summed E-state index contributed by atoms with van der Waals surface area (Å²) in [6, 6.07) is 5.40. The van der Waals surface area contributed by atoms with Gasteiger partial charge < -0.3 is 10.4 Å². The van der Waals surface area contributed by atoms with Gasteiger partial charge in [-0.05, 0) is 19.4 Å². The topological polar surface area (TPSA) is 66.4 Å². The van der Waals surface area contributed by atoms with Gasteiger partial charge in [-0.15, -0.1) is 0 Å². The molecule has 5 heteroatoms. The first-order valence-electron chi connectivity index (χ1n) is 5.92. The van der Waals surface area contributed by atoms with Crippen LogP contribution in [0.4, 0.5) is 0 Å². The molecule has 0 fully saturated rings. The molecule has 1 atom stereocenters. The van der Waals surface area contributed by atoms with E-state index in [1.807, 2.05) is 6.92 Å². The molecule has 0 bridgehead atoms. The zero-order valence-corrected chi connectivity index (χ0v) is 11.6. The molecule has 0 aliphatic rings. The van der Waals surface area contributed by atoms with E-state index in [1.54, 1.807) is 37.3 Å². The second-order valence-corrected chi connectivity index (χ2v) is 4.47. The van der Waals surface area contributed by atoms with Gasteiger partial charge in [0.1, 0.15) is 0 Å². The monoisotopic (exact) mass is 281 g/mol. The Labute approximate surface area is 117 Å². The van der Waals surface area contributed by atoms with Crippen LogP contribution in [0.15, 0.2) is 35.9 Å². The minimum atomic E-state index is -1.15. The summed E-state index contributed by atoms with van der Waals surface area (Å²) in [5.74, 6) is -1.56. The maximum atomic E-state index is 11.8. The Balaban J connectivity index is 2.98. The van der Waals surface area contributed by atoms with Crippen molar-refractivity contribution in [2.75, 3.05) is 0 Å². The number of benzene rings is 1. The standard InChI is InChI=1S/C14H16ClNO3/c1-3-6-9(2)13(17)16-12(14(18)19)10-7-4-5-8-11(10)15/h4-8,12H,3H2,1-2H3,(H,16,17)(H,18,19)/b9-6-/t12-/m1/s1. The Morgan fingerprint density at radius 1 is 1.42 bits per heavy atom. The van der Waals surface area contributed by atoms with Crippen molar-refractivity contribution >= 4 is 23.5 Å². The normalized spacial score (nSPS) is 12.9. The fourth-order valence-corrected chi connectivity index (χ4v) is 1.87. The molecule has 0 saturated heterocycles. The molecule has 102 valence electrons. The molecule has 2 N–H and O–H groups in total. The zero-order chi connectivity index (χ0) is 14.4. The summed E-state index contributed by atoms with van der Waals surface area (Å²) in [5.41, 5.74) is 0.857. The third-order valence-corrected chi connectivity index (χ3v) is 2.95. The summed E-state index contributed by atoms with van der Waals surface area (Å²) in [6.45, 7) is 3.55. The number of aliphatic carboxylic acids is 1. The van der Waals surface area contributed by atoms with Crippen molar-refractivity contribution in [1.29, 1.82) is 0 Å². The zero-order valence-electron chi connectivity index (χ0n) is 10.8. The summed E-state index contributed by atoms with van der Waals surface area (Å²) < 4.78 is 0. The third kappa shape index (κ3) is 4.10. The molecule has 1 amide bonds. The smallest absolute Gasteiger partial charge is 0.330 e. The van der Waals surface area contributed by atoms with Gasteiger partial charge >= 0.3 is 5.97 Å². The van der Waals surface area contributed by atoms with E-state index in [-0.39, 0.29) is 0 Å². The van der Waals surface area contributed by atoms with Gasteiger partial charge in [-0.3, -0.25) is 4.79 Å². The molecule has 1 rings (SSSR count). The number of carbonyl (C=O) groups is 2. The number of carbonyl (C=O) groups excluding carboxylic acids is 1. The first-order chi connectivity index (χ1) is 8.97. The van der Waals surface area contributed by atoms with Crippen LogP contribution in [0, 0.1) is 0 Å². The summed E-state index contributed by atoms with van der Waals surface area (Å²) in [5, 5.41) is 12.0. The highest BCUT2D eigenvalue weighted by molar-refractivity contribution is 6.31. The van der Waals surface area contributed by atoms with Crippen LogP contribution in [0.5, 0.6) is 0 Å². The van der Waals surface area contributed by atoms with E-state index in [2.05, 4.69) is 5.32 Å². The van der Waals surface area contributed by atoms with E-state index in [0.29, 0.717) is 22.6 Å². The number of hydrogen-bond acceptors (Lipinski definition) is 2. The highest BCUT2D eigenvalue weighted by Crippen LogP contribution is 2.23. The predicted molar refractivity (Wildman–Crippen MR) is 74.0 cm³/mol. The number of rotatable bonds is 5. The molecule has 0 spiro atoms. The van der Waals surface area contributed by atoms with E-state index in [9.17, 15) is 14.7 Å². The highest BCUT2D eigenvalue weighted by atomic mass is 35.5. The molecule has 0 saturated carbocycles. The largest absolute Gasteiger partial charge is 0.479 e. The number of amides is 1. The SMILES string of the molecule is CC/C=C(/C)C(=O)N[C@@H](C(=O)O)c1ccccc1Cl. The minimum Gasteiger partial charge on any atom is -0.479 e. The molecular formula is C14H16ClNO3. The molecule has 1 aromatic carbocycles. The van der Waals surface area contributed by atoms with Crippen molar-refractivity contribution in [1.82, 2.24) is 5.32 Å². The van der Waals surface area contributed by atoms with Gasteiger partial charge in [-0.2, -0.15) is 0 Å². The summed E-state index contributed by atoms with van der Waals surface area (Å²) in [7, 11) is 0. The molecule has 0 aromatic heterocycles. The lowest BCUT2D eigenvalue weighted by Crippen LogP contribution is -2.34. The average molecular weight is 282 g/mol. The molecule has 19 heavy (non-hydrogen) atoms. The van der Waals surface area contributed by atoms with E-state index >= 15 is 0 Å². The third-order valence-electron chi connectivity index (χ3n) is 2.61. The summed E-state index contributed by atoms with van der Waals surface area (Å²) in [4.78, 5) is 23.1. The van der Waals surface area contributed by atoms with Gasteiger partial charge in [0.25, 0.3) is 0 Å². The van der Waals surface area contributed by atoms with Crippen molar-refractivity contribution in [3.8, 4) is 0 Å².